The Morgan fingerprint density at radius 3 is 2.59 bits per heavy atom. The van der Waals surface area contributed by atoms with Crippen LogP contribution in [0.1, 0.15) is 6.42 Å². The van der Waals surface area contributed by atoms with E-state index in [4.69, 9.17) is 16.3 Å². The van der Waals surface area contributed by atoms with Gasteiger partial charge in [0.15, 0.2) is 0 Å². The second kappa shape index (κ2) is 9.29. The molecule has 3 N–H and O–H groups in total. The van der Waals surface area contributed by atoms with Crippen LogP contribution in [0.15, 0.2) is 48.5 Å². The monoisotopic (exact) mass is 416 g/mol. The van der Waals surface area contributed by atoms with E-state index < -0.39 is 17.7 Å². The maximum atomic E-state index is 12.3. The van der Waals surface area contributed by atoms with Gasteiger partial charge in [-0.3, -0.25) is 25.2 Å². The highest BCUT2D eigenvalue weighted by molar-refractivity contribution is 6.30. The molecule has 2 aromatic rings. The molecular weight excluding hydrogens is 396 g/mol. The summed E-state index contributed by atoms with van der Waals surface area (Å²) < 4.78 is 5.20. The number of hydrogen-bond acceptors (Lipinski definition) is 5. The molecule has 1 saturated heterocycles. The third-order valence-corrected chi connectivity index (χ3v) is 4.76. The predicted octanol–water partition coefficient (Wildman–Crippen LogP) is 1.96. The van der Waals surface area contributed by atoms with Crippen LogP contribution in [0.2, 0.25) is 5.02 Å². The van der Waals surface area contributed by atoms with E-state index in [0.717, 1.165) is 0 Å². The van der Waals surface area contributed by atoms with Gasteiger partial charge in [-0.15, -0.1) is 0 Å². The molecule has 1 fully saturated rings. The first-order chi connectivity index (χ1) is 14.0. The van der Waals surface area contributed by atoms with Crippen LogP contribution in [0.3, 0.4) is 0 Å². The van der Waals surface area contributed by atoms with Crippen LogP contribution >= 0.6 is 11.6 Å². The van der Waals surface area contributed by atoms with Gasteiger partial charge in [0, 0.05) is 23.7 Å². The minimum Gasteiger partial charge on any atom is -0.495 e. The number of anilines is 2. The summed E-state index contributed by atoms with van der Waals surface area (Å²) in [6.07, 6.45) is 0.0732. The van der Waals surface area contributed by atoms with Gasteiger partial charge in [0.05, 0.1) is 25.3 Å². The quantitative estimate of drug-likeness (QED) is 0.625. The maximum Gasteiger partial charge on any atom is 0.257 e. The lowest BCUT2D eigenvalue weighted by molar-refractivity contribution is -0.130. The van der Waals surface area contributed by atoms with E-state index in [1.54, 1.807) is 36.4 Å². The number of benzene rings is 2. The summed E-state index contributed by atoms with van der Waals surface area (Å²) in [7, 11) is 1.54. The number of methoxy groups -OCH3 is 1. The van der Waals surface area contributed by atoms with Gasteiger partial charge in [0.25, 0.3) is 5.91 Å². The minimum absolute atomic E-state index is 0.0544. The van der Waals surface area contributed by atoms with Crippen molar-refractivity contribution in [1.82, 2.24) is 10.9 Å². The summed E-state index contributed by atoms with van der Waals surface area (Å²) in [4.78, 5) is 38.1. The standard InChI is InChI=1S/C20H21ClN4O4/c1-29-17-5-3-2-4-16(17)22-11-18(26)23-24-20(28)13-10-19(27)25(12-13)15-8-6-14(21)7-9-15/h2-9,13,22H,10-12H2,1H3,(H,23,26)(H,24,28). The van der Waals surface area contributed by atoms with Crippen molar-refractivity contribution >= 4 is 40.7 Å². The number of rotatable bonds is 6. The summed E-state index contributed by atoms with van der Waals surface area (Å²) in [5, 5.41) is 3.50. The second-order valence-corrected chi connectivity index (χ2v) is 6.91. The van der Waals surface area contributed by atoms with Crippen molar-refractivity contribution in [3.8, 4) is 5.75 Å². The Morgan fingerprint density at radius 1 is 1.14 bits per heavy atom. The molecule has 1 heterocycles. The Labute approximate surface area is 173 Å². The van der Waals surface area contributed by atoms with Crippen molar-refractivity contribution < 1.29 is 19.1 Å². The number of hydrazine groups is 1. The van der Waals surface area contributed by atoms with Crippen LogP contribution < -0.4 is 25.8 Å². The van der Waals surface area contributed by atoms with Crippen molar-refractivity contribution in [2.75, 3.05) is 30.4 Å². The molecule has 0 aliphatic carbocycles. The van der Waals surface area contributed by atoms with E-state index in [0.29, 0.717) is 22.1 Å². The normalized spacial score (nSPS) is 15.7. The molecule has 0 radical (unpaired) electrons. The number of hydrogen-bond donors (Lipinski definition) is 3. The second-order valence-electron chi connectivity index (χ2n) is 6.47. The molecule has 2 aromatic carbocycles. The van der Waals surface area contributed by atoms with Crippen LogP contribution in [0.25, 0.3) is 0 Å². The Kier molecular flexibility index (Phi) is 6.56. The zero-order valence-corrected chi connectivity index (χ0v) is 16.5. The first kappa shape index (κ1) is 20.5. The fourth-order valence-corrected chi connectivity index (χ4v) is 3.12. The fourth-order valence-electron chi connectivity index (χ4n) is 3.00. The Bertz CT molecular complexity index is 904. The number of para-hydroxylation sites is 2. The molecule has 0 aromatic heterocycles. The zero-order valence-electron chi connectivity index (χ0n) is 15.8. The number of amides is 3. The van der Waals surface area contributed by atoms with Crippen LogP contribution in [0, 0.1) is 5.92 Å². The van der Waals surface area contributed by atoms with Crippen molar-refractivity contribution in [1.29, 1.82) is 0 Å². The smallest absolute Gasteiger partial charge is 0.257 e. The number of carbonyl (C=O) groups excluding carboxylic acids is 3. The first-order valence-corrected chi connectivity index (χ1v) is 9.37. The van der Waals surface area contributed by atoms with Gasteiger partial charge in [-0.25, -0.2) is 0 Å². The Balaban J connectivity index is 1.47. The molecule has 0 saturated carbocycles. The topological polar surface area (TPSA) is 99.8 Å². The van der Waals surface area contributed by atoms with E-state index in [1.165, 1.54) is 12.0 Å². The van der Waals surface area contributed by atoms with Gasteiger partial charge < -0.3 is 15.0 Å². The maximum absolute atomic E-state index is 12.3. The lowest BCUT2D eigenvalue weighted by atomic mass is 10.1. The zero-order chi connectivity index (χ0) is 20.8. The third-order valence-electron chi connectivity index (χ3n) is 4.51. The van der Waals surface area contributed by atoms with E-state index >= 15 is 0 Å². The minimum atomic E-state index is -0.555. The average molecular weight is 417 g/mol. The molecule has 8 nitrogen and oxygen atoms in total. The summed E-state index contributed by atoms with van der Waals surface area (Å²) in [6, 6.07) is 14.0. The van der Waals surface area contributed by atoms with Gasteiger partial charge in [-0.1, -0.05) is 23.7 Å². The van der Waals surface area contributed by atoms with Crippen molar-refractivity contribution in [3.63, 3.8) is 0 Å². The highest BCUT2D eigenvalue weighted by Gasteiger charge is 2.35. The van der Waals surface area contributed by atoms with Crippen LogP contribution in [-0.4, -0.2) is 37.9 Å². The van der Waals surface area contributed by atoms with Gasteiger partial charge in [-0.2, -0.15) is 0 Å². The molecule has 1 atom stereocenters. The number of nitrogens with one attached hydrogen (secondary N) is 3. The molecule has 3 amide bonds. The molecule has 29 heavy (non-hydrogen) atoms. The van der Waals surface area contributed by atoms with E-state index in [-0.39, 0.29) is 25.4 Å². The molecule has 0 spiro atoms. The van der Waals surface area contributed by atoms with E-state index in [2.05, 4.69) is 16.2 Å². The van der Waals surface area contributed by atoms with Crippen LogP contribution in [0.4, 0.5) is 11.4 Å². The lowest BCUT2D eigenvalue weighted by Gasteiger charge is -2.17. The van der Waals surface area contributed by atoms with Gasteiger partial charge >= 0.3 is 0 Å². The molecule has 1 unspecified atom stereocenters. The summed E-state index contributed by atoms with van der Waals surface area (Å²) >= 11 is 5.87. The Morgan fingerprint density at radius 2 is 1.86 bits per heavy atom. The lowest BCUT2D eigenvalue weighted by Crippen LogP contribution is -2.47. The van der Waals surface area contributed by atoms with Crippen molar-refractivity contribution in [2.24, 2.45) is 5.92 Å². The van der Waals surface area contributed by atoms with Crippen LogP contribution in [-0.2, 0) is 14.4 Å². The Hall–Kier alpha value is -3.26. The van der Waals surface area contributed by atoms with Crippen LogP contribution in [0.5, 0.6) is 5.75 Å². The summed E-state index contributed by atoms with van der Waals surface area (Å²) in [6.45, 7) is 0.183. The summed E-state index contributed by atoms with van der Waals surface area (Å²) in [5.41, 5.74) is 6.08. The van der Waals surface area contributed by atoms with Crippen molar-refractivity contribution in [3.05, 3.63) is 53.6 Å². The van der Waals surface area contributed by atoms with Gasteiger partial charge in [0.1, 0.15) is 5.75 Å². The molecule has 3 rings (SSSR count). The van der Waals surface area contributed by atoms with E-state index in [1.807, 2.05) is 12.1 Å². The van der Waals surface area contributed by atoms with E-state index in [9.17, 15) is 14.4 Å². The third kappa shape index (κ3) is 5.17. The first-order valence-electron chi connectivity index (χ1n) is 8.99. The van der Waals surface area contributed by atoms with Crippen molar-refractivity contribution in [2.45, 2.75) is 6.42 Å². The number of nitrogens with zero attached hydrogens (tertiary/aromatic N) is 1. The van der Waals surface area contributed by atoms with Gasteiger partial charge in [-0.05, 0) is 36.4 Å². The molecule has 152 valence electrons. The molecule has 1 aliphatic rings. The number of ether oxygens (including phenoxy) is 1. The van der Waals surface area contributed by atoms with Gasteiger partial charge in [0.2, 0.25) is 11.8 Å². The molecule has 0 bridgehead atoms. The highest BCUT2D eigenvalue weighted by atomic mass is 35.5. The highest BCUT2D eigenvalue weighted by Crippen LogP contribution is 2.26. The molecular formula is C20H21ClN4O4. The SMILES string of the molecule is COc1ccccc1NCC(=O)NNC(=O)C1CC(=O)N(c2ccc(Cl)cc2)C1. The molecule has 1 aliphatic heterocycles. The number of carbonyl (C=O) groups is 3. The fraction of sp³-hybridized carbons (Fsp3) is 0.250. The molecule has 9 heteroatoms. The number of halogens is 1. The predicted molar refractivity (Wildman–Crippen MR) is 110 cm³/mol. The summed E-state index contributed by atoms with van der Waals surface area (Å²) in [5.74, 6) is -0.947. The largest absolute Gasteiger partial charge is 0.495 e. The average Bonchev–Trinajstić information content (AvgIpc) is 3.13.